The third kappa shape index (κ3) is 3.45. The Morgan fingerprint density at radius 2 is 1.94 bits per heavy atom. The summed E-state index contributed by atoms with van der Waals surface area (Å²) in [4.78, 5) is 28.7. The van der Waals surface area contributed by atoms with Crippen molar-refractivity contribution >= 4 is 44.4 Å². The molecule has 0 aliphatic carbocycles. The molecule has 152 valence electrons. The molecule has 2 N–H and O–H groups in total. The van der Waals surface area contributed by atoms with Crippen molar-refractivity contribution < 1.29 is 9.53 Å². The summed E-state index contributed by atoms with van der Waals surface area (Å²) >= 11 is 2.90. The lowest BCUT2D eigenvalue weighted by atomic mass is 10.0. The number of hydrogen-bond acceptors (Lipinski definition) is 8. The van der Waals surface area contributed by atoms with E-state index < -0.39 is 0 Å². The highest BCUT2D eigenvalue weighted by molar-refractivity contribution is 7.21. The molecule has 0 bridgehead atoms. The molecule has 0 fully saturated rings. The van der Waals surface area contributed by atoms with Crippen LogP contribution in [0.15, 0.2) is 66.4 Å². The summed E-state index contributed by atoms with van der Waals surface area (Å²) in [5, 5.41) is 2.80. The number of pyridine rings is 1. The van der Waals surface area contributed by atoms with Crippen LogP contribution in [-0.4, -0.2) is 27.8 Å². The van der Waals surface area contributed by atoms with E-state index in [9.17, 15) is 4.79 Å². The first-order valence-electron chi connectivity index (χ1n) is 9.37. The zero-order valence-electron chi connectivity index (χ0n) is 16.4. The number of methoxy groups -OCH3 is 1. The predicted molar refractivity (Wildman–Crippen MR) is 125 cm³/mol. The van der Waals surface area contributed by atoms with Crippen LogP contribution < -0.4 is 10.5 Å². The first kappa shape index (κ1) is 19.3. The minimum atomic E-state index is -0.138. The normalized spacial score (nSPS) is 11.0. The minimum absolute atomic E-state index is 0.138. The number of benzene rings is 1. The largest absolute Gasteiger partial charge is 0.497 e. The molecule has 0 atom stereocenters. The fourth-order valence-corrected chi connectivity index (χ4v) is 5.18. The van der Waals surface area contributed by atoms with E-state index in [2.05, 4.69) is 9.97 Å². The third-order valence-electron chi connectivity index (χ3n) is 4.87. The smallest absolute Gasteiger partial charge is 0.205 e. The molecule has 8 heteroatoms. The molecule has 5 aromatic rings. The van der Waals surface area contributed by atoms with Gasteiger partial charge in [0.2, 0.25) is 5.78 Å². The highest BCUT2D eigenvalue weighted by Gasteiger charge is 2.23. The van der Waals surface area contributed by atoms with Crippen LogP contribution in [0.5, 0.6) is 5.75 Å². The highest BCUT2D eigenvalue weighted by atomic mass is 32.1. The van der Waals surface area contributed by atoms with Crippen LogP contribution in [0.4, 0.5) is 5.69 Å². The second-order valence-corrected chi connectivity index (χ2v) is 8.65. The predicted octanol–water partition coefficient (Wildman–Crippen LogP) is 5.30. The molecule has 0 saturated carbocycles. The number of ketones is 1. The first-order chi connectivity index (χ1) is 15.2. The van der Waals surface area contributed by atoms with Crippen molar-refractivity contribution in [2.45, 2.75) is 0 Å². The Kier molecular flexibility index (Phi) is 4.93. The van der Waals surface area contributed by atoms with Crippen LogP contribution in [0.3, 0.4) is 0 Å². The van der Waals surface area contributed by atoms with E-state index in [4.69, 9.17) is 15.5 Å². The van der Waals surface area contributed by atoms with Crippen LogP contribution in [0.2, 0.25) is 0 Å². The van der Waals surface area contributed by atoms with Crippen LogP contribution in [0.25, 0.3) is 32.0 Å². The lowest BCUT2D eigenvalue weighted by molar-refractivity contribution is 0.104. The third-order valence-corrected chi connectivity index (χ3v) is 6.87. The Morgan fingerprint density at radius 1 is 1.10 bits per heavy atom. The molecule has 0 aliphatic heterocycles. The standard InChI is InChI=1S/C23H16N4O2S2/c1-29-14-6-4-13(5-7-14)21(28)22-20(24)19-15(18-3-2-10-30-18)11-16(27-23(19)31-22)17-12-25-8-9-26-17/h2-12H,24H2,1H3. The number of nitrogens with two attached hydrogens (primary N) is 1. The SMILES string of the molecule is COc1ccc(C(=O)c2sc3nc(-c4cnccn4)cc(-c4cccs4)c3c2N)cc1. The number of hydrogen-bond donors (Lipinski definition) is 1. The van der Waals surface area contributed by atoms with Gasteiger partial charge in [-0.15, -0.1) is 22.7 Å². The number of nitrogens with zero attached hydrogens (tertiary/aromatic N) is 3. The van der Waals surface area contributed by atoms with Gasteiger partial charge in [0, 0.05) is 33.8 Å². The van der Waals surface area contributed by atoms with Gasteiger partial charge in [-0.05, 0) is 41.8 Å². The van der Waals surface area contributed by atoms with Gasteiger partial charge in [0.05, 0.1) is 24.7 Å². The average molecular weight is 445 g/mol. The van der Waals surface area contributed by atoms with Gasteiger partial charge >= 0.3 is 0 Å². The van der Waals surface area contributed by atoms with Crippen molar-refractivity contribution in [2.75, 3.05) is 12.8 Å². The minimum Gasteiger partial charge on any atom is -0.497 e. The molecule has 6 nitrogen and oxygen atoms in total. The summed E-state index contributed by atoms with van der Waals surface area (Å²) < 4.78 is 5.19. The lowest BCUT2D eigenvalue weighted by Crippen LogP contribution is -2.02. The van der Waals surface area contributed by atoms with E-state index >= 15 is 0 Å². The number of rotatable bonds is 5. The maximum atomic E-state index is 13.2. The molecule has 0 aliphatic rings. The zero-order valence-corrected chi connectivity index (χ0v) is 18.0. The quantitative estimate of drug-likeness (QED) is 0.370. The molecular formula is C23H16N4O2S2. The fourth-order valence-electron chi connectivity index (χ4n) is 3.35. The van der Waals surface area contributed by atoms with Gasteiger partial charge in [0.25, 0.3) is 0 Å². The number of carbonyl (C=O) groups excluding carboxylic acids is 1. The zero-order chi connectivity index (χ0) is 21.4. The Labute approximate surface area is 186 Å². The molecular weight excluding hydrogens is 428 g/mol. The second kappa shape index (κ2) is 7.90. The molecule has 5 rings (SSSR count). The van der Waals surface area contributed by atoms with Crippen molar-refractivity contribution in [3.63, 3.8) is 0 Å². The molecule has 0 radical (unpaired) electrons. The van der Waals surface area contributed by atoms with Crippen LogP contribution in [0.1, 0.15) is 15.2 Å². The van der Waals surface area contributed by atoms with Gasteiger partial charge in [-0.2, -0.15) is 0 Å². The summed E-state index contributed by atoms with van der Waals surface area (Å²) in [5.74, 6) is 0.553. The second-order valence-electron chi connectivity index (χ2n) is 6.71. The molecule has 31 heavy (non-hydrogen) atoms. The maximum Gasteiger partial charge on any atom is 0.205 e. The van der Waals surface area contributed by atoms with Crippen molar-refractivity contribution in [1.82, 2.24) is 15.0 Å². The first-order valence-corrected chi connectivity index (χ1v) is 11.1. The van der Waals surface area contributed by atoms with Crippen molar-refractivity contribution in [2.24, 2.45) is 0 Å². The van der Waals surface area contributed by atoms with E-state index in [1.54, 1.807) is 61.3 Å². The fraction of sp³-hybridized carbons (Fsp3) is 0.0435. The molecule has 0 unspecified atom stereocenters. The lowest BCUT2D eigenvalue weighted by Gasteiger charge is -2.06. The van der Waals surface area contributed by atoms with Gasteiger partial charge in [0.1, 0.15) is 21.2 Å². The van der Waals surface area contributed by atoms with Crippen molar-refractivity contribution in [3.8, 4) is 27.6 Å². The molecule has 4 heterocycles. The van der Waals surface area contributed by atoms with Crippen molar-refractivity contribution in [1.29, 1.82) is 0 Å². The molecule has 4 aromatic heterocycles. The van der Waals surface area contributed by atoms with Crippen LogP contribution in [-0.2, 0) is 0 Å². The van der Waals surface area contributed by atoms with E-state index in [1.807, 2.05) is 23.6 Å². The summed E-state index contributed by atoms with van der Waals surface area (Å²) in [6.07, 6.45) is 4.93. The number of carbonyl (C=O) groups is 1. The van der Waals surface area contributed by atoms with Gasteiger partial charge in [-0.1, -0.05) is 6.07 Å². The molecule has 0 amide bonds. The number of nitrogen functional groups attached to an aromatic ring is 1. The van der Waals surface area contributed by atoms with Crippen LogP contribution in [0, 0.1) is 0 Å². The van der Waals surface area contributed by atoms with Gasteiger partial charge in [-0.25, -0.2) is 4.98 Å². The average Bonchev–Trinajstić information content (AvgIpc) is 3.47. The number of thiophene rings is 2. The van der Waals surface area contributed by atoms with E-state index in [0.717, 1.165) is 15.8 Å². The Balaban J connectivity index is 1.70. The number of fused-ring (bicyclic) bond motifs is 1. The van der Waals surface area contributed by atoms with E-state index in [1.165, 1.54) is 11.3 Å². The summed E-state index contributed by atoms with van der Waals surface area (Å²) in [6.45, 7) is 0. The molecule has 1 aromatic carbocycles. The van der Waals surface area contributed by atoms with Gasteiger partial charge in [0.15, 0.2) is 0 Å². The molecule has 0 spiro atoms. The van der Waals surface area contributed by atoms with Gasteiger partial charge < -0.3 is 10.5 Å². The number of anilines is 1. The number of aromatic nitrogens is 3. The van der Waals surface area contributed by atoms with Crippen LogP contribution >= 0.6 is 22.7 Å². The summed E-state index contributed by atoms with van der Waals surface area (Å²) in [7, 11) is 1.59. The van der Waals surface area contributed by atoms with Gasteiger partial charge in [-0.3, -0.25) is 14.8 Å². The highest BCUT2D eigenvalue weighted by Crippen LogP contribution is 2.43. The Hall–Kier alpha value is -3.62. The Bertz CT molecular complexity index is 1380. The Morgan fingerprint density at radius 3 is 2.61 bits per heavy atom. The summed E-state index contributed by atoms with van der Waals surface area (Å²) in [6, 6.07) is 13.0. The van der Waals surface area contributed by atoms with E-state index in [0.29, 0.717) is 38.1 Å². The van der Waals surface area contributed by atoms with Crippen molar-refractivity contribution in [3.05, 3.63) is 76.9 Å². The molecule has 0 saturated heterocycles. The topological polar surface area (TPSA) is 91.0 Å². The summed E-state index contributed by atoms with van der Waals surface area (Å²) in [5.41, 5.74) is 9.81. The maximum absolute atomic E-state index is 13.2. The number of ether oxygens (including phenoxy) is 1. The van der Waals surface area contributed by atoms with E-state index in [-0.39, 0.29) is 5.78 Å². The monoisotopic (exact) mass is 444 g/mol.